The Balaban J connectivity index is 1.70. The molecule has 0 unspecified atom stereocenters. The molecule has 3 rings (SSSR count). The maximum absolute atomic E-state index is 12.5. The van der Waals surface area contributed by atoms with E-state index in [-0.39, 0.29) is 24.6 Å². The van der Waals surface area contributed by atoms with Crippen LogP contribution in [0.25, 0.3) is 11.4 Å². The summed E-state index contributed by atoms with van der Waals surface area (Å²) in [4.78, 5) is 25.6. The largest absolute Gasteiger partial charge is 0.395 e. The first-order valence-corrected chi connectivity index (χ1v) is 9.12. The van der Waals surface area contributed by atoms with Crippen molar-refractivity contribution >= 4 is 11.7 Å². The Morgan fingerprint density at radius 3 is 2.63 bits per heavy atom. The van der Waals surface area contributed by atoms with E-state index in [1.54, 1.807) is 12.1 Å². The molecular weight excluding hydrogens is 342 g/mol. The van der Waals surface area contributed by atoms with Gasteiger partial charge in [0.2, 0.25) is 0 Å². The number of aliphatic hydroxyl groups excluding tert-OH is 1. The average Bonchev–Trinajstić information content (AvgIpc) is 3.01. The zero-order chi connectivity index (χ0) is 19.6. The average molecular weight is 369 g/mol. The molecule has 27 heavy (non-hydrogen) atoms. The molecule has 1 fully saturated rings. The second-order valence-corrected chi connectivity index (χ2v) is 7.35. The summed E-state index contributed by atoms with van der Waals surface area (Å²) < 4.78 is 0. The van der Waals surface area contributed by atoms with Crippen LogP contribution in [0.2, 0.25) is 0 Å². The van der Waals surface area contributed by atoms with Gasteiger partial charge in [0.05, 0.1) is 6.61 Å². The van der Waals surface area contributed by atoms with Gasteiger partial charge in [-0.25, -0.2) is 9.97 Å². The topological polar surface area (TPSA) is 81.6 Å². The van der Waals surface area contributed by atoms with E-state index in [1.807, 2.05) is 51.3 Å². The Labute approximate surface area is 160 Å². The predicted molar refractivity (Wildman–Crippen MR) is 106 cm³/mol. The third-order valence-corrected chi connectivity index (χ3v) is 5.01. The zero-order valence-corrected chi connectivity index (χ0v) is 16.3. The molecule has 7 heteroatoms. The van der Waals surface area contributed by atoms with Crippen LogP contribution in [0, 0.1) is 6.92 Å². The minimum Gasteiger partial charge on any atom is -0.395 e. The third kappa shape index (κ3) is 4.26. The summed E-state index contributed by atoms with van der Waals surface area (Å²) in [6, 6.07) is 7.51. The maximum Gasteiger partial charge on any atom is 0.251 e. The first-order valence-electron chi connectivity index (χ1n) is 9.12. The van der Waals surface area contributed by atoms with E-state index >= 15 is 0 Å². The summed E-state index contributed by atoms with van der Waals surface area (Å²) in [6.45, 7) is 2.84. The van der Waals surface area contributed by atoms with Gasteiger partial charge < -0.3 is 15.3 Å². The second-order valence-electron chi connectivity index (χ2n) is 7.35. The minimum absolute atomic E-state index is 0.0578. The number of amides is 1. The van der Waals surface area contributed by atoms with Crippen molar-refractivity contribution in [3.05, 3.63) is 41.6 Å². The van der Waals surface area contributed by atoms with Crippen molar-refractivity contribution in [2.24, 2.45) is 0 Å². The molecule has 2 N–H and O–H groups in total. The number of benzene rings is 1. The standard InChI is InChI=1S/C20H27N5O2/c1-13-10-21-18(23-19(13)24(2)3)14-5-7-15(8-6-14)20(27)22-16-9-17(12-26)25(4)11-16/h5-8,10,16-17,26H,9,11-12H2,1-4H3,(H,22,27)/t16-,17+/m1/s1. The van der Waals surface area contributed by atoms with Crippen molar-refractivity contribution < 1.29 is 9.90 Å². The van der Waals surface area contributed by atoms with Crippen molar-refractivity contribution in [1.82, 2.24) is 20.2 Å². The Bertz CT molecular complexity index is 807. The molecule has 144 valence electrons. The number of nitrogens with zero attached hydrogens (tertiary/aromatic N) is 4. The molecule has 1 amide bonds. The van der Waals surface area contributed by atoms with Gasteiger partial charge in [-0.05, 0) is 32.5 Å². The summed E-state index contributed by atoms with van der Waals surface area (Å²) in [6.07, 6.45) is 2.58. The molecule has 0 spiro atoms. The Morgan fingerprint density at radius 1 is 1.33 bits per heavy atom. The van der Waals surface area contributed by atoms with E-state index in [4.69, 9.17) is 0 Å². The molecule has 7 nitrogen and oxygen atoms in total. The van der Waals surface area contributed by atoms with Gasteiger partial charge in [0.25, 0.3) is 5.91 Å². The minimum atomic E-state index is -0.0997. The molecule has 2 aromatic rings. The molecule has 2 atom stereocenters. The van der Waals surface area contributed by atoms with Crippen molar-refractivity contribution in [3.8, 4) is 11.4 Å². The fourth-order valence-electron chi connectivity index (χ4n) is 3.46. The highest BCUT2D eigenvalue weighted by Crippen LogP contribution is 2.21. The van der Waals surface area contributed by atoms with E-state index in [9.17, 15) is 9.90 Å². The summed E-state index contributed by atoms with van der Waals surface area (Å²) in [5.41, 5.74) is 2.49. The third-order valence-electron chi connectivity index (χ3n) is 5.01. The molecule has 1 aromatic carbocycles. The summed E-state index contributed by atoms with van der Waals surface area (Å²) in [5.74, 6) is 1.42. The Kier molecular flexibility index (Phi) is 5.72. The molecule has 1 aliphatic rings. The molecule has 0 saturated carbocycles. The predicted octanol–water partition coefficient (Wildman–Crippen LogP) is 1.31. The van der Waals surface area contributed by atoms with Crippen LogP contribution in [-0.4, -0.2) is 72.3 Å². The second kappa shape index (κ2) is 8.02. The number of carbonyl (C=O) groups excluding carboxylic acids is 1. The highest BCUT2D eigenvalue weighted by Gasteiger charge is 2.29. The van der Waals surface area contributed by atoms with Crippen molar-refractivity contribution in [3.63, 3.8) is 0 Å². The van der Waals surface area contributed by atoms with Crippen molar-refractivity contribution in [2.75, 3.05) is 39.2 Å². The fourth-order valence-corrected chi connectivity index (χ4v) is 3.46. The summed E-state index contributed by atoms with van der Waals surface area (Å²) in [5, 5.41) is 12.4. The van der Waals surface area contributed by atoms with E-state index in [1.165, 1.54) is 0 Å². The van der Waals surface area contributed by atoms with E-state index in [0.717, 1.165) is 29.9 Å². The number of hydrogen-bond donors (Lipinski definition) is 2. The summed E-state index contributed by atoms with van der Waals surface area (Å²) >= 11 is 0. The smallest absolute Gasteiger partial charge is 0.251 e. The van der Waals surface area contributed by atoms with E-state index in [0.29, 0.717) is 11.4 Å². The van der Waals surface area contributed by atoms with Crippen LogP contribution in [-0.2, 0) is 0 Å². The number of likely N-dealkylation sites (N-methyl/N-ethyl adjacent to an activating group) is 1. The van der Waals surface area contributed by atoms with Crippen LogP contribution in [0.1, 0.15) is 22.3 Å². The van der Waals surface area contributed by atoms with Gasteiger partial charge in [0.1, 0.15) is 5.82 Å². The number of aromatic nitrogens is 2. The molecule has 1 aromatic heterocycles. The lowest BCUT2D eigenvalue weighted by atomic mass is 10.1. The van der Waals surface area contributed by atoms with Gasteiger partial charge in [-0.1, -0.05) is 12.1 Å². The number of aliphatic hydroxyl groups is 1. The first-order chi connectivity index (χ1) is 12.9. The zero-order valence-electron chi connectivity index (χ0n) is 16.3. The lowest BCUT2D eigenvalue weighted by Gasteiger charge is -2.15. The van der Waals surface area contributed by atoms with E-state index < -0.39 is 0 Å². The number of hydrogen-bond acceptors (Lipinski definition) is 6. The van der Waals surface area contributed by atoms with Crippen LogP contribution in [0.5, 0.6) is 0 Å². The van der Waals surface area contributed by atoms with Crippen LogP contribution in [0.15, 0.2) is 30.5 Å². The summed E-state index contributed by atoms with van der Waals surface area (Å²) in [7, 11) is 5.87. The molecular formula is C20H27N5O2. The molecule has 2 heterocycles. The van der Waals surface area contributed by atoms with Gasteiger partial charge in [-0.2, -0.15) is 0 Å². The quantitative estimate of drug-likeness (QED) is 0.827. The molecule has 1 saturated heterocycles. The normalized spacial score (nSPS) is 19.9. The van der Waals surface area contributed by atoms with Gasteiger partial charge in [0, 0.05) is 55.6 Å². The number of likely N-dealkylation sites (tertiary alicyclic amines) is 1. The number of carbonyl (C=O) groups is 1. The highest BCUT2D eigenvalue weighted by atomic mass is 16.3. The van der Waals surface area contributed by atoms with Gasteiger partial charge in [0.15, 0.2) is 5.82 Å². The number of anilines is 1. The molecule has 0 bridgehead atoms. The Morgan fingerprint density at radius 2 is 2.04 bits per heavy atom. The van der Waals surface area contributed by atoms with Crippen LogP contribution >= 0.6 is 0 Å². The van der Waals surface area contributed by atoms with Crippen LogP contribution in [0.3, 0.4) is 0 Å². The van der Waals surface area contributed by atoms with Gasteiger partial charge in [-0.3, -0.25) is 9.69 Å². The first kappa shape index (κ1) is 19.3. The fraction of sp³-hybridized carbons (Fsp3) is 0.450. The molecule has 0 aliphatic carbocycles. The lowest BCUT2D eigenvalue weighted by molar-refractivity contribution is 0.0938. The molecule has 1 aliphatic heterocycles. The SMILES string of the molecule is Cc1cnc(-c2ccc(C(=O)N[C@@H]3C[C@@H](CO)N(C)C3)cc2)nc1N(C)C. The number of rotatable bonds is 5. The Hall–Kier alpha value is -2.51. The molecule has 0 radical (unpaired) electrons. The van der Waals surface area contributed by atoms with Crippen LogP contribution < -0.4 is 10.2 Å². The number of nitrogens with one attached hydrogen (secondary N) is 1. The number of aryl methyl sites for hydroxylation is 1. The maximum atomic E-state index is 12.5. The van der Waals surface area contributed by atoms with E-state index in [2.05, 4.69) is 20.2 Å². The lowest BCUT2D eigenvalue weighted by Crippen LogP contribution is -2.36. The van der Waals surface area contributed by atoms with Crippen LogP contribution in [0.4, 0.5) is 5.82 Å². The van der Waals surface area contributed by atoms with Gasteiger partial charge >= 0.3 is 0 Å². The van der Waals surface area contributed by atoms with Gasteiger partial charge in [-0.15, -0.1) is 0 Å². The monoisotopic (exact) mass is 369 g/mol. The van der Waals surface area contributed by atoms with Crippen molar-refractivity contribution in [1.29, 1.82) is 0 Å². The van der Waals surface area contributed by atoms with Crippen molar-refractivity contribution in [2.45, 2.75) is 25.4 Å². The highest BCUT2D eigenvalue weighted by molar-refractivity contribution is 5.94.